The Hall–Kier alpha value is -3.95. The number of amides is 1. The number of hydrogen-bond acceptors (Lipinski definition) is 7. The van der Waals surface area contributed by atoms with Gasteiger partial charge >= 0.3 is 0 Å². The number of halogens is 1. The highest BCUT2D eigenvalue weighted by atomic mass is 35.5. The van der Waals surface area contributed by atoms with Gasteiger partial charge in [0.1, 0.15) is 5.82 Å². The minimum absolute atomic E-state index is 0.0158. The van der Waals surface area contributed by atoms with Gasteiger partial charge in [-0.3, -0.25) is 9.59 Å². The van der Waals surface area contributed by atoms with E-state index in [0.29, 0.717) is 49.5 Å². The highest BCUT2D eigenvalue weighted by Gasteiger charge is 2.23. The van der Waals surface area contributed by atoms with Crippen LogP contribution in [0.4, 0.5) is 11.8 Å². The summed E-state index contributed by atoms with van der Waals surface area (Å²) in [4.78, 5) is 37.5. The lowest BCUT2D eigenvalue weighted by Gasteiger charge is -2.34. The lowest BCUT2D eigenvalue weighted by Crippen LogP contribution is -2.50. The molecule has 0 spiro atoms. The molecule has 5 rings (SSSR count). The molecule has 0 unspecified atom stereocenters. The van der Waals surface area contributed by atoms with E-state index in [1.54, 1.807) is 22.6 Å². The molecule has 1 saturated heterocycles. The van der Waals surface area contributed by atoms with Gasteiger partial charge in [0.2, 0.25) is 17.4 Å². The topological polar surface area (TPSA) is 109 Å². The van der Waals surface area contributed by atoms with Gasteiger partial charge in [-0.05, 0) is 47.0 Å². The van der Waals surface area contributed by atoms with E-state index < -0.39 is 0 Å². The molecular weight excluding hydrogens is 490 g/mol. The van der Waals surface area contributed by atoms with Gasteiger partial charge in [0.25, 0.3) is 0 Å². The molecule has 10 heteroatoms. The van der Waals surface area contributed by atoms with E-state index in [9.17, 15) is 9.59 Å². The second kappa shape index (κ2) is 10.6. The number of piperazine rings is 1. The quantitative estimate of drug-likeness (QED) is 0.404. The van der Waals surface area contributed by atoms with E-state index in [2.05, 4.69) is 10.2 Å². The molecule has 0 atom stereocenters. The Kier molecular flexibility index (Phi) is 7.07. The molecule has 1 amide bonds. The minimum Gasteiger partial charge on any atom is -0.365 e. The van der Waals surface area contributed by atoms with Crippen molar-refractivity contribution in [1.82, 2.24) is 19.4 Å². The van der Waals surface area contributed by atoms with E-state index in [0.717, 1.165) is 27.6 Å². The summed E-state index contributed by atoms with van der Waals surface area (Å²) in [7, 11) is 1.74. The Labute approximate surface area is 219 Å². The van der Waals surface area contributed by atoms with Gasteiger partial charge < -0.3 is 25.4 Å². The monoisotopic (exact) mass is 517 g/mol. The minimum atomic E-state index is -0.0605. The molecule has 4 aromatic rings. The smallest absolute Gasteiger partial charge is 0.250 e. The van der Waals surface area contributed by atoms with Gasteiger partial charge in [-0.2, -0.15) is 4.98 Å². The molecule has 3 N–H and O–H groups in total. The number of rotatable bonds is 6. The van der Waals surface area contributed by atoms with Crippen LogP contribution in [0.15, 0.2) is 65.6 Å². The predicted octanol–water partition coefficient (Wildman–Crippen LogP) is 2.87. The molecule has 0 bridgehead atoms. The van der Waals surface area contributed by atoms with Gasteiger partial charge in [0, 0.05) is 62.4 Å². The lowest BCUT2D eigenvalue weighted by atomic mass is 10.0. The molecule has 0 aliphatic carbocycles. The summed E-state index contributed by atoms with van der Waals surface area (Å²) in [5.74, 6) is 1.26. The first kappa shape index (κ1) is 24.7. The Bertz CT molecular complexity index is 1510. The number of aromatic nitrogens is 3. The van der Waals surface area contributed by atoms with Crippen LogP contribution in [0.2, 0.25) is 5.02 Å². The van der Waals surface area contributed by atoms with Crippen molar-refractivity contribution < 1.29 is 4.79 Å². The average Bonchev–Trinajstić information content (AvgIpc) is 2.92. The molecule has 37 heavy (non-hydrogen) atoms. The highest BCUT2D eigenvalue weighted by Crippen LogP contribution is 2.29. The van der Waals surface area contributed by atoms with Crippen molar-refractivity contribution in [3.63, 3.8) is 0 Å². The summed E-state index contributed by atoms with van der Waals surface area (Å²) < 4.78 is 1.56. The van der Waals surface area contributed by atoms with Crippen LogP contribution in [0.25, 0.3) is 22.0 Å². The third-order valence-corrected chi connectivity index (χ3v) is 6.78. The van der Waals surface area contributed by atoms with E-state index in [4.69, 9.17) is 27.3 Å². The summed E-state index contributed by atoms with van der Waals surface area (Å²) in [6.45, 7) is 2.96. The van der Waals surface area contributed by atoms with Crippen LogP contribution in [0.3, 0.4) is 0 Å². The van der Waals surface area contributed by atoms with Crippen LogP contribution >= 0.6 is 11.6 Å². The fourth-order valence-corrected chi connectivity index (χ4v) is 4.67. The zero-order valence-electron chi connectivity index (χ0n) is 20.5. The van der Waals surface area contributed by atoms with Crippen molar-refractivity contribution in [3.05, 3.63) is 81.7 Å². The van der Waals surface area contributed by atoms with Crippen molar-refractivity contribution in [3.8, 4) is 11.1 Å². The summed E-state index contributed by atoms with van der Waals surface area (Å²) in [6.07, 6.45) is 1.82. The number of nitrogens with zero attached hydrogens (tertiary/aromatic N) is 5. The van der Waals surface area contributed by atoms with Gasteiger partial charge in [0.15, 0.2) is 0 Å². The third-order valence-electron chi connectivity index (χ3n) is 6.54. The Morgan fingerprint density at radius 3 is 2.54 bits per heavy atom. The Morgan fingerprint density at radius 1 is 1.03 bits per heavy atom. The molecule has 3 heterocycles. The van der Waals surface area contributed by atoms with Crippen LogP contribution < -0.4 is 21.5 Å². The standard InChI is InChI=1S/C27H28ClN7O2/c1-33-17-20(6-8-24(33)36)19-5-7-23-22(14-19)26(30-16-18-3-2-4-21(28)13-18)32-27(31-23)35-11-9-34(10-12-35)25(37)15-29/h2-8,13-14,17H,9-12,15-16,29H2,1H3,(H,30,31,32). The van der Waals surface area contributed by atoms with Crippen LogP contribution in [-0.4, -0.2) is 58.1 Å². The van der Waals surface area contributed by atoms with E-state index in [1.807, 2.05) is 54.7 Å². The van der Waals surface area contributed by atoms with Gasteiger partial charge in [0.05, 0.1) is 12.1 Å². The number of benzene rings is 2. The predicted molar refractivity (Wildman–Crippen MR) is 147 cm³/mol. The SMILES string of the molecule is Cn1cc(-c2ccc3nc(N4CCN(C(=O)CN)CC4)nc(NCc4cccc(Cl)c4)c3c2)ccc1=O. The van der Waals surface area contributed by atoms with E-state index >= 15 is 0 Å². The maximum atomic E-state index is 12.0. The van der Waals surface area contributed by atoms with Crippen molar-refractivity contribution in [2.75, 3.05) is 42.9 Å². The highest BCUT2D eigenvalue weighted by molar-refractivity contribution is 6.30. The van der Waals surface area contributed by atoms with E-state index in [1.165, 1.54) is 0 Å². The fourth-order valence-electron chi connectivity index (χ4n) is 4.45. The average molecular weight is 518 g/mol. The van der Waals surface area contributed by atoms with Crippen LogP contribution in [0.1, 0.15) is 5.56 Å². The molecule has 1 aliphatic rings. The molecule has 9 nitrogen and oxygen atoms in total. The number of anilines is 2. The summed E-state index contributed by atoms with van der Waals surface area (Å²) in [5.41, 5.74) is 9.18. The van der Waals surface area contributed by atoms with Crippen LogP contribution in [-0.2, 0) is 18.4 Å². The first-order chi connectivity index (χ1) is 17.9. The second-order valence-electron chi connectivity index (χ2n) is 9.03. The number of hydrogen-bond donors (Lipinski definition) is 2. The number of carbonyl (C=O) groups excluding carboxylic acids is 1. The van der Waals surface area contributed by atoms with E-state index in [-0.39, 0.29) is 18.0 Å². The molecular formula is C27H28ClN7O2. The third kappa shape index (κ3) is 5.42. The maximum absolute atomic E-state index is 12.0. The molecule has 1 aliphatic heterocycles. The summed E-state index contributed by atoms with van der Waals surface area (Å²) in [5, 5.41) is 5.02. The van der Waals surface area contributed by atoms with Gasteiger partial charge in [-0.1, -0.05) is 29.8 Å². The fraction of sp³-hybridized carbons (Fsp3) is 0.259. The summed E-state index contributed by atoms with van der Waals surface area (Å²) in [6, 6.07) is 17.1. The second-order valence-corrected chi connectivity index (χ2v) is 9.46. The Morgan fingerprint density at radius 2 is 1.81 bits per heavy atom. The largest absolute Gasteiger partial charge is 0.365 e. The number of nitrogens with two attached hydrogens (primary N) is 1. The van der Waals surface area contributed by atoms with Crippen molar-refractivity contribution >= 4 is 40.2 Å². The molecule has 0 saturated carbocycles. The number of carbonyl (C=O) groups is 1. The molecule has 2 aromatic carbocycles. The first-order valence-electron chi connectivity index (χ1n) is 12.1. The molecule has 0 radical (unpaired) electrons. The normalized spacial score (nSPS) is 13.7. The van der Waals surface area contributed by atoms with Gasteiger partial charge in [-0.25, -0.2) is 4.98 Å². The number of nitrogens with one attached hydrogen (secondary N) is 1. The zero-order chi connectivity index (χ0) is 25.9. The Balaban J connectivity index is 1.51. The zero-order valence-corrected chi connectivity index (χ0v) is 21.3. The van der Waals surface area contributed by atoms with Crippen LogP contribution in [0.5, 0.6) is 0 Å². The van der Waals surface area contributed by atoms with Crippen molar-refractivity contribution in [2.45, 2.75) is 6.54 Å². The first-order valence-corrected chi connectivity index (χ1v) is 12.5. The lowest BCUT2D eigenvalue weighted by molar-refractivity contribution is -0.129. The van der Waals surface area contributed by atoms with Gasteiger partial charge in [-0.15, -0.1) is 0 Å². The number of aryl methyl sites for hydroxylation is 1. The maximum Gasteiger partial charge on any atom is 0.250 e. The molecule has 190 valence electrons. The van der Waals surface area contributed by atoms with Crippen LogP contribution in [0, 0.1) is 0 Å². The molecule has 2 aromatic heterocycles. The number of pyridine rings is 1. The number of fused-ring (bicyclic) bond motifs is 1. The van der Waals surface area contributed by atoms with Crippen molar-refractivity contribution in [2.24, 2.45) is 12.8 Å². The van der Waals surface area contributed by atoms with Crippen molar-refractivity contribution in [1.29, 1.82) is 0 Å². The summed E-state index contributed by atoms with van der Waals surface area (Å²) >= 11 is 6.19. The molecule has 1 fully saturated rings.